The Morgan fingerprint density at radius 1 is 1.12 bits per heavy atom. The monoisotopic (exact) mass is 228 g/mol. The van der Waals surface area contributed by atoms with E-state index in [0.717, 1.165) is 6.42 Å². The Morgan fingerprint density at radius 3 is 2.71 bits per heavy atom. The summed E-state index contributed by atoms with van der Waals surface area (Å²) in [6.07, 6.45) is 8.43. The van der Waals surface area contributed by atoms with Crippen LogP contribution in [0.1, 0.15) is 35.2 Å². The fraction of sp³-hybridized carbons (Fsp3) is 0.400. The molecule has 0 aliphatic heterocycles. The van der Waals surface area contributed by atoms with E-state index in [2.05, 4.69) is 42.0 Å². The standard InChI is InChI=1S/C15H20N2/c1-12-6-5-8-14(13(12)2)7-3-4-9-15-10-16-11-17-15/h5-6,8,10-11H,3-4,7,9H2,1-2H3,(H,16,17). The second-order valence-electron chi connectivity index (χ2n) is 4.63. The van der Waals surface area contributed by atoms with E-state index < -0.39 is 0 Å². The number of aryl methyl sites for hydroxylation is 3. The fourth-order valence-corrected chi connectivity index (χ4v) is 2.13. The SMILES string of the molecule is Cc1cccc(CCCCc2c[nH]cn2)c1C. The summed E-state index contributed by atoms with van der Waals surface area (Å²) in [4.78, 5) is 7.23. The number of H-pyrrole nitrogens is 1. The maximum atomic E-state index is 4.24. The van der Waals surface area contributed by atoms with Crippen molar-refractivity contribution in [3.8, 4) is 0 Å². The van der Waals surface area contributed by atoms with Crippen LogP contribution in [0, 0.1) is 13.8 Å². The first kappa shape index (κ1) is 11.9. The van der Waals surface area contributed by atoms with Crippen LogP contribution in [0.25, 0.3) is 0 Å². The fourth-order valence-electron chi connectivity index (χ4n) is 2.13. The van der Waals surface area contributed by atoms with Crippen LogP contribution < -0.4 is 0 Å². The number of nitrogens with one attached hydrogen (secondary N) is 1. The molecular weight excluding hydrogens is 208 g/mol. The molecule has 90 valence electrons. The molecule has 0 unspecified atom stereocenters. The van der Waals surface area contributed by atoms with Gasteiger partial charge in [0.2, 0.25) is 0 Å². The summed E-state index contributed by atoms with van der Waals surface area (Å²) < 4.78 is 0. The molecule has 0 bridgehead atoms. The quantitative estimate of drug-likeness (QED) is 0.778. The van der Waals surface area contributed by atoms with Crippen LogP contribution in [0.15, 0.2) is 30.7 Å². The predicted octanol–water partition coefficient (Wildman–Crippen LogP) is 3.59. The molecule has 2 rings (SSSR count). The van der Waals surface area contributed by atoms with Crippen molar-refractivity contribution in [2.24, 2.45) is 0 Å². The molecule has 0 aliphatic carbocycles. The number of hydrogen-bond donors (Lipinski definition) is 1. The van der Waals surface area contributed by atoms with Gasteiger partial charge >= 0.3 is 0 Å². The second kappa shape index (κ2) is 5.67. The Kier molecular flexibility index (Phi) is 3.97. The molecule has 17 heavy (non-hydrogen) atoms. The molecule has 0 saturated heterocycles. The average Bonchev–Trinajstić information content (AvgIpc) is 2.83. The molecule has 0 atom stereocenters. The summed E-state index contributed by atoms with van der Waals surface area (Å²) >= 11 is 0. The highest BCUT2D eigenvalue weighted by Gasteiger charge is 2.01. The molecule has 0 fully saturated rings. The third-order valence-corrected chi connectivity index (χ3v) is 3.40. The zero-order chi connectivity index (χ0) is 12.1. The largest absolute Gasteiger partial charge is 0.351 e. The molecular formula is C15H20N2. The van der Waals surface area contributed by atoms with Gasteiger partial charge in [-0.25, -0.2) is 4.98 Å². The van der Waals surface area contributed by atoms with Gasteiger partial charge in [0.05, 0.1) is 12.0 Å². The van der Waals surface area contributed by atoms with Crippen LogP contribution in [0.3, 0.4) is 0 Å². The third kappa shape index (κ3) is 3.19. The zero-order valence-corrected chi connectivity index (χ0v) is 10.7. The molecule has 2 aromatic rings. The van der Waals surface area contributed by atoms with Gasteiger partial charge in [-0.05, 0) is 56.2 Å². The van der Waals surface area contributed by atoms with Gasteiger partial charge in [-0.2, -0.15) is 0 Å². The maximum Gasteiger partial charge on any atom is 0.0923 e. The number of hydrogen-bond acceptors (Lipinski definition) is 1. The first-order chi connectivity index (χ1) is 8.27. The lowest BCUT2D eigenvalue weighted by Crippen LogP contribution is -1.94. The van der Waals surface area contributed by atoms with E-state index in [1.807, 2.05) is 6.20 Å². The van der Waals surface area contributed by atoms with Crippen molar-refractivity contribution in [1.82, 2.24) is 9.97 Å². The van der Waals surface area contributed by atoms with Crippen molar-refractivity contribution in [1.29, 1.82) is 0 Å². The summed E-state index contributed by atoms with van der Waals surface area (Å²) in [5.74, 6) is 0. The van der Waals surface area contributed by atoms with Gasteiger partial charge < -0.3 is 4.98 Å². The van der Waals surface area contributed by atoms with Gasteiger partial charge in [-0.3, -0.25) is 0 Å². The van der Waals surface area contributed by atoms with Crippen molar-refractivity contribution in [3.63, 3.8) is 0 Å². The summed E-state index contributed by atoms with van der Waals surface area (Å²) in [7, 11) is 0. The number of benzene rings is 1. The highest BCUT2D eigenvalue weighted by Crippen LogP contribution is 2.15. The van der Waals surface area contributed by atoms with Crippen molar-refractivity contribution >= 4 is 0 Å². The lowest BCUT2D eigenvalue weighted by atomic mass is 9.98. The maximum absolute atomic E-state index is 4.24. The summed E-state index contributed by atoms with van der Waals surface area (Å²) in [5, 5.41) is 0. The third-order valence-electron chi connectivity index (χ3n) is 3.40. The van der Waals surface area contributed by atoms with Crippen LogP contribution >= 0.6 is 0 Å². The Morgan fingerprint density at radius 2 is 1.94 bits per heavy atom. The van der Waals surface area contributed by atoms with Gasteiger partial charge in [-0.1, -0.05) is 18.2 Å². The molecule has 1 heterocycles. The Labute approximate surface area is 103 Å². The van der Waals surface area contributed by atoms with Crippen molar-refractivity contribution in [2.75, 3.05) is 0 Å². The number of aromatic nitrogens is 2. The van der Waals surface area contributed by atoms with Gasteiger partial charge in [0, 0.05) is 6.20 Å². The average molecular weight is 228 g/mol. The number of imidazole rings is 1. The Hall–Kier alpha value is -1.57. The molecule has 0 spiro atoms. The van der Waals surface area contributed by atoms with E-state index in [-0.39, 0.29) is 0 Å². The molecule has 1 N–H and O–H groups in total. The smallest absolute Gasteiger partial charge is 0.0923 e. The van der Waals surface area contributed by atoms with Crippen LogP contribution in [-0.4, -0.2) is 9.97 Å². The van der Waals surface area contributed by atoms with Gasteiger partial charge in [0.15, 0.2) is 0 Å². The van der Waals surface area contributed by atoms with E-state index in [0.29, 0.717) is 0 Å². The van der Waals surface area contributed by atoms with E-state index >= 15 is 0 Å². The molecule has 1 aromatic carbocycles. The number of rotatable bonds is 5. The Balaban J connectivity index is 1.80. The number of unbranched alkanes of at least 4 members (excludes halogenated alkanes) is 1. The van der Waals surface area contributed by atoms with Crippen molar-refractivity contribution < 1.29 is 0 Å². The van der Waals surface area contributed by atoms with Crippen LogP contribution in [0.4, 0.5) is 0 Å². The van der Waals surface area contributed by atoms with Crippen molar-refractivity contribution in [2.45, 2.75) is 39.5 Å². The minimum atomic E-state index is 1.08. The Bertz CT molecular complexity index is 458. The summed E-state index contributed by atoms with van der Waals surface area (Å²) in [6.45, 7) is 4.40. The normalized spacial score (nSPS) is 10.7. The molecule has 0 radical (unpaired) electrons. The molecule has 2 nitrogen and oxygen atoms in total. The number of nitrogens with zero attached hydrogens (tertiary/aromatic N) is 1. The van der Waals surface area contributed by atoms with Gasteiger partial charge in [-0.15, -0.1) is 0 Å². The topological polar surface area (TPSA) is 28.7 Å². The summed E-state index contributed by atoms with van der Waals surface area (Å²) in [6, 6.07) is 6.59. The molecule has 1 aromatic heterocycles. The first-order valence-corrected chi connectivity index (χ1v) is 6.30. The van der Waals surface area contributed by atoms with Crippen LogP contribution in [0.5, 0.6) is 0 Å². The minimum Gasteiger partial charge on any atom is -0.351 e. The lowest BCUT2D eigenvalue weighted by molar-refractivity contribution is 0.722. The molecule has 0 saturated carbocycles. The lowest BCUT2D eigenvalue weighted by Gasteiger charge is -2.07. The molecule has 0 amide bonds. The minimum absolute atomic E-state index is 1.08. The zero-order valence-electron chi connectivity index (χ0n) is 10.7. The molecule has 0 aliphatic rings. The highest BCUT2D eigenvalue weighted by molar-refractivity contribution is 5.33. The first-order valence-electron chi connectivity index (χ1n) is 6.30. The van der Waals surface area contributed by atoms with E-state index in [9.17, 15) is 0 Å². The predicted molar refractivity (Wildman–Crippen MR) is 71.1 cm³/mol. The summed E-state index contributed by atoms with van der Waals surface area (Å²) in [5.41, 5.74) is 5.51. The molecule has 2 heteroatoms. The number of aromatic amines is 1. The van der Waals surface area contributed by atoms with Crippen LogP contribution in [0.2, 0.25) is 0 Å². The van der Waals surface area contributed by atoms with Gasteiger partial charge in [0.1, 0.15) is 0 Å². The highest BCUT2D eigenvalue weighted by atomic mass is 14.9. The van der Waals surface area contributed by atoms with E-state index in [4.69, 9.17) is 0 Å². The second-order valence-corrected chi connectivity index (χ2v) is 4.63. The van der Waals surface area contributed by atoms with Crippen molar-refractivity contribution in [3.05, 3.63) is 53.1 Å². The van der Waals surface area contributed by atoms with Gasteiger partial charge in [0.25, 0.3) is 0 Å². The van der Waals surface area contributed by atoms with E-state index in [1.54, 1.807) is 6.33 Å². The van der Waals surface area contributed by atoms with Crippen LogP contribution in [-0.2, 0) is 12.8 Å². The van der Waals surface area contributed by atoms with E-state index in [1.165, 1.54) is 41.6 Å².